The number of aromatic nitrogens is 3. The van der Waals surface area contributed by atoms with Gasteiger partial charge in [-0.25, -0.2) is 9.67 Å². The van der Waals surface area contributed by atoms with Crippen molar-refractivity contribution in [1.29, 1.82) is 0 Å². The Labute approximate surface area is 123 Å². The minimum Gasteiger partial charge on any atom is -0.497 e. The summed E-state index contributed by atoms with van der Waals surface area (Å²) >= 11 is 0. The zero-order valence-corrected chi connectivity index (χ0v) is 11.3. The summed E-state index contributed by atoms with van der Waals surface area (Å²) in [6.07, 6.45) is -0.992. The highest BCUT2D eigenvalue weighted by atomic mass is 19.4. The van der Waals surface area contributed by atoms with Gasteiger partial charge in [0, 0.05) is 17.8 Å². The Kier molecular flexibility index (Phi) is 4.15. The van der Waals surface area contributed by atoms with Gasteiger partial charge in [0.2, 0.25) is 5.91 Å². The minimum absolute atomic E-state index is 0.0360. The first-order chi connectivity index (χ1) is 10.3. The molecule has 0 aliphatic rings. The lowest BCUT2D eigenvalue weighted by molar-refractivity contribution is -0.137. The molecule has 9 heteroatoms. The number of methoxy groups -OCH3 is 1. The van der Waals surface area contributed by atoms with E-state index >= 15 is 0 Å². The number of hydrogen-bond donors (Lipinski definition) is 1. The Hall–Kier alpha value is -2.84. The molecule has 0 atom stereocenters. The maximum Gasteiger partial charge on any atom is 0.416 e. The van der Waals surface area contributed by atoms with Crippen LogP contribution in [-0.4, -0.2) is 27.8 Å². The van der Waals surface area contributed by atoms with Crippen LogP contribution in [0.2, 0.25) is 0 Å². The van der Waals surface area contributed by atoms with Crippen LogP contribution >= 0.6 is 0 Å². The zero-order chi connectivity index (χ0) is 16.3. The number of alkyl halides is 3. The highest BCUT2D eigenvalue weighted by molar-refractivity contribution is 5.88. The molecule has 116 valence electrons. The van der Waals surface area contributed by atoms with Gasteiger partial charge in [0.1, 0.15) is 12.1 Å². The Morgan fingerprint density at radius 2 is 2.09 bits per heavy atom. The third-order valence-electron chi connectivity index (χ3n) is 2.63. The number of carbonyl (C=O) groups is 1. The quantitative estimate of drug-likeness (QED) is 0.874. The number of rotatable bonds is 4. The summed E-state index contributed by atoms with van der Waals surface area (Å²) in [6, 6.07) is 3.18. The van der Waals surface area contributed by atoms with Crippen LogP contribution in [0.4, 0.5) is 13.2 Å². The first-order valence-corrected chi connectivity index (χ1v) is 5.95. The predicted octanol–water partition coefficient (Wildman–Crippen LogP) is 1.93. The summed E-state index contributed by atoms with van der Waals surface area (Å²) in [5.41, 5.74) is 4.20. The fourth-order valence-electron chi connectivity index (χ4n) is 1.64. The lowest BCUT2D eigenvalue weighted by atomic mass is 10.1. The topological polar surface area (TPSA) is 83.0 Å². The molecule has 0 saturated heterocycles. The molecule has 1 aromatic carbocycles. The number of carbonyl (C=O) groups excluding carboxylic acids is 1. The fourth-order valence-corrected chi connectivity index (χ4v) is 1.64. The molecule has 6 nitrogen and oxygen atoms in total. The maximum absolute atomic E-state index is 12.9. The molecule has 2 N–H and O–H groups in total. The van der Waals surface area contributed by atoms with Gasteiger partial charge in [0.05, 0.1) is 12.7 Å². The van der Waals surface area contributed by atoms with E-state index in [2.05, 4.69) is 10.1 Å². The van der Waals surface area contributed by atoms with Gasteiger partial charge >= 0.3 is 6.18 Å². The largest absolute Gasteiger partial charge is 0.497 e. The second kappa shape index (κ2) is 5.88. The number of hydrogen-bond acceptors (Lipinski definition) is 4. The molecule has 1 amide bonds. The van der Waals surface area contributed by atoms with Crippen molar-refractivity contribution in [3.63, 3.8) is 0 Å². The van der Waals surface area contributed by atoms with Gasteiger partial charge in [-0.1, -0.05) is 0 Å². The van der Waals surface area contributed by atoms with Crippen molar-refractivity contribution in [2.45, 2.75) is 6.18 Å². The van der Waals surface area contributed by atoms with Gasteiger partial charge in [-0.2, -0.15) is 13.2 Å². The number of ether oxygens (including phenoxy) is 1. The molecule has 0 unspecified atom stereocenters. The molecular formula is C13H11F3N4O2. The van der Waals surface area contributed by atoms with E-state index in [1.165, 1.54) is 25.7 Å². The first-order valence-electron chi connectivity index (χ1n) is 5.95. The van der Waals surface area contributed by atoms with Crippen molar-refractivity contribution in [1.82, 2.24) is 14.8 Å². The zero-order valence-electron chi connectivity index (χ0n) is 11.3. The summed E-state index contributed by atoms with van der Waals surface area (Å²) in [4.78, 5) is 14.5. The molecule has 0 spiro atoms. The Morgan fingerprint density at radius 1 is 1.36 bits per heavy atom. The lowest BCUT2D eigenvalue weighted by Crippen LogP contribution is -2.06. The molecule has 1 heterocycles. The smallest absolute Gasteiger partial charge is 0.416 e. The molecular weight excluding hydrogens is 301 g/mol. The van der Waals surface area contributed by atoms with Gasteiger partial charge < -0.3 is 10.5 Å². The fraction of sp³-hybridized carbons (Fsp3) is 0.154. The monoisotopic (exact) mass is 312 g/mol. The average Bonchev–Trinajstić information content (AvgIpc) is 2.92. The third kappa shape index (κ3) is 3.62. The maximum atomic E-state index is 12.9. The molecule has 0 bridgehead atoms. The van der Waals surface area contributed by atoms with Crippen molar-refractivity contribution in [3.05, 3.63) is 36.2 Å². The van der Waals surface area contributed by atoms with Crippen molar-refractivity contribution >= 4 is 12.1 Å². The van der Waals surface area contributed by atoms with E-state index in [4.69, 9.17) is 10.5 Å². The SMILES string of the molecule is COc1cc(-c2ncn(C=CC(N)=O)n2)cc(C(F)(F)F)c1. The normalized spacial score (nSPS) is 11.8. The Morgan fingerprint density at radius 3 is 2.68 bits per heavy atom. The highest BCUT2D eigenvalue weighted by Gasteiger charge is 2.31. The van der Waals surface area contributed by atoms with Crippen molar-refractivity contribution < 1.29 is 22.7 Å². The first kappa shape index (κ1) is 15.5. The lowest BCUT2D eigenvalue weighted by Gasteiger charge is -2.10. The standard InChI is InChI=1S/C13H11F3N4O2/c1-22-10-5-8(4-9(6-10)13(14,15)16)12-18-7-20(19-12)3-2-11(17)21/h2-7H,1H3,(H2,17,21). The summed E-state index contributed by atoms with van der Waals surface area (Å²) < 4.78 is 44.6. The molecule has 0 saturated carbocycles. The molecule has 22 heavy (non-hydrogen) atoms. The molecule has 0 fully saturated rings. The Bertz CT molecular complexity index is 722. The number of amides is 1. The number of halogens is 3. The molecule has 1 aromatic heterocycles. The number of primary amides is 1. The summed E-state index contributed by atoms with van der Waals surface area (Å²) in [5.74, 6) is -0.592. The van der Waals surface area contributed by atoms with Gasteiger partial charge in [0.25, 0.3) is 0 Å². The van der Waals surface area contributed by atoms with Crippen LogP contribution in [-0.2, 0) is 11.0 Å². The second-order valence-corrected chi connectivity index (χ2v) is 4.21. The minimum atomic E-state index is -4.52. The second-order valence-electron chi connectivity index (χ2n) is 4.21. The van der Waals surface area contributed by atoms with E-state index in [9.17, 15) is 18.0 Å². The van der Waals surface area contributed by atoms with E-state index in [-0.39, 0.29) is 17.1 Å². The van der Waals surface area contributed by atoms with Crippen LogP contribution in [0, 0.1) is 0 Å². The van der Waals surface area contributed by atoms with E-state index in [0.29, 0.717) is 0 Å². The molecule has 0 aliphatic heterocycles. The van der Waals surface area contributed by atoms with Crippen LogP contribution in [0.1, 0.15) is 5.56 Å². The molecule has 0 radical (unpaired) electrons. The van der Waals surface area contributed by atoms with Crippen molar-refractivity contribution in [2.24, 2.45) is 5.73 Å². The third-order valence-corrected chi connectivity index (χ3v) is 2.63. The van der Waals surface area contributed by atoms with Crippen LogP contribution in [0.5, 0.6) is 5.75 Å². The van der Waals surface area contributed by atoms with E-state index in [1.807, 2.05) is 0 Å². The van der Waals surface area contributed by atoms with E-state index in [1.54, 1.807) is 0 Å². The molecule has 0 aliphatic carbocycles. The summed E-state index contributed by atoms with van der Waals surface area (Å²) in [5, 5.41) is 3.94. The summed E-state index contributed by atoms with van der Waals surface area (Å²) in [6.45, 7) is 0. The van der Waals surface area contributed by atoms with E-state index in [0.717, 1.165) is 22.9 Å². The predicted molar refractivity (Wildman–Crippen MR) is 71.5 cm³/mol. The number of benzene rings is 1. The van der Waals surface area contributed by atoms with Crippen LogP contribution < -0.4 is 10.5 Å². The Balaban J connectivity index is 2.42. The number of nitrogens with two attached hydrogens (primary N) is 1. The van der Waals surface area contributed by atoms with Gasteiger partial charge in [-0.15, -0.1) is 5.10 Å². The summed E-state index contributed by atoms with van der Waals surface area (Å²) in [7, 11) is 1.26. The average molecular weight is 312 g/mol. The molecule has 2 aromatic rings. The van der Waals surface area contributed by atoms with Crippen LogP contribution in [0.15, 0.2) is 30.6 Å². The van der Waals surface area contributed by atoms with Crippen LogP contribution in [0.25, 0.3) is 17.6 Å². The van der Waals surface area contributed by atoms with Crippen molar-refractivity contribution in [3.8, 4) is 17.1 Å². The highest BCUT2D eigenvalue weighted by Crippen LogP contribution is 2.34. The van der Waals surface area contributed by atoms with Crippen molar-refractivity contribution in [2.75, 3.05) is 7.11 Å². The van der Waals surface area contributed by atoms with Gasteiger partial charge in [-0.05, 0) is 18.2 Å². The number of nitrogens with zero attached hydrogens (tertiary/aromatic N) is 3. The van der Waals surface area contributed by atoms with Crippen LogP contribution in [0.3, 0.4) is 0 Å². The van der Waals surface area contributed by atoms with Gasteiger partial charge in [-0.3, -0.25) is 4.79 Å². The van der Waals surface area contributed by atoms with E-state index < -0.39 is 17.6 Å². The van der Waals surface area contributed by atoms with Gasteiger partial charge in [0.15, 0.2) is 5.82 Å². The molecule has 2 rings (SSSR count).